The molecule has 1 saturated carbocycles. The van der Waals surface area contributed by atoms with Gasteiger partial charge in [-0.2, -0.15) is 4.98 Å². The van der Waals surface area contributed by atoms with E-state index in [9.17, 15) is 4.79 Å². The lowest BCUT2D eigenvalue weighted by Gasteiger charge is -2.27. The summed E-state index contributed by atoms with van der Waals surface area (Å²) in [6.07, 6.45) is 5.80. The summed E-state index contributed by atoms with van der Waals surface area (Å²) in [5.41, 5.74) is -0.109. The fraction of sp³-hybridized carbons (Fsp3) is 0.450. The van der Waals surface area contributed by atoms with E-state index in [2.05, 4.69) is 22.2 Å². The second-order valence-electron chi connectivity index (χ2n) is 7.37. The van der Waals surface area contributed by atoms with Gasteiger partial charge in [0.05, 0.1) is 0 Å². The Labute approximate surface area is 153 Å². The van der Waals surface area contributed by atoms with Gasteiger partial charge in [-0.25, -0.2) is 4.98 Å². The van der Waals surface area contributed by atoms with Gasteiger partial charge in [-0.15, -0.1) is 0 Å². The minimum Gasteiger partial charge on any atom is -0.439 e. The molecule has 6 heteroatoms. The van der Waals surface area contributed by atoms with Gasteiger partial charge in [0.2, 0.25) is 17.7 Å². The number of anilines is 1. The van der Waals surface area contributed by atoms with Crippen molar-refractivity contribution in [3.05, 3.63) is 42.6 Å². The van der Waals surface area contributed by atoms with Crippen LogP contribution in [0.5, 0.6) is 11.6 Å². The normalized spacial score (nSPS) is 20.7. The molecule has 1 N–H and O–H groups in total. The van der Waals surface area contributed by atoms with Crippen LogP contribution in [-0.4, -0.2) is 39.9 Å². The molecule has 2 fully saturated rings. The lowest BCUT2D eigenvalue weighted by atomic mass is 10.1. The van der Waals surface area contributed by atoms with E-state index in [1.165, 1.54) is 0 Å². The number of ether oxygens (including phenoxy) is 1. The van der Waals surface area contributed by atoms with Crippen molar-refractivity contribution in [2.75, 3.05) is 18.4 Å². The standard InChI is InChI=1S/C20H24N4O2/c1-20(10-11-20)18(25)24-13-5-6-15(24)14-22-19-21-12-9-17(23-19)26-16-7-3-2-4-8-16/h2-4,7-9,12,15H,5-6,10-11,13-14H2,1H3,(H,21,22,23)/t15-/m1/s1. The molecule has 136 valence electrons. The van der Waals surface area contributed by atoms with Crippen molar-refractivity contribution in [2.45, 2.75) is 38.6 Å². The molecule has 1 aliphatic heterocycles. The van der Waals surface area contributed by atoms with E-state index in [-0.39, 0.29) is 11.5 Å². The van der Waals surface area contributed by atoms with Gasteiger partial charge in [0.25, 0.3) is 0 Å². The third kappa shape index (κ3) is 3.64. The maximum absolute atomic E-state index is 12.7. The highest BCUT2D eigenvalue weighted by Gasteiger charge is 2.49. The molecule has 1 amide bonds. The number of hydrogen-bond donors (Lipinski definition) is 1. The van der Waals surface area contributed by atoms with Crippen LogP contribution < -0.4 is 10.1 Å². The first-order valence-electron chi connectivity index (χ1n) is 9.25. The van der Waals surface area contributed by atoms with Crippen LogP contribution in [0.25, 0.3) is 0 Å². The number of benzene rings is 1. The van der Waals surface area contributed by atoms with Gasteiger partial charge < -0.3 is 15.0 Å². The number of hydrogen-bond acceptors (Lipinski definition) is 5. The molecule has 0 bridgehead atoms. The van der Waals surface area contributed by atoms with Gasteiger partial charge in [-0.05, 0) is 37.8 Å². The maximum atomic E-state index is 12.7. The third-order valence-corrected chi connectivity index (χ3v) is 5.25. The van der Waals surface area contributed by atoms with Gasteiger partial charge in [0, 0.05) is 36.8 Å². The predicted molar refractivity (Wildman–Crippen MR) is 99.1 cm³/mol. The smallest absolute Gasteiger partial charge is 0.228 e. The number of nitrogens with one attached hydrogen (secondary N) is 1. The molecule has 0 spiro atoms. The van der Waals surface area contributed by atoms with Gasteiger partial charge in [-0.3, -0.25) is 4.79 Å². The van der Waals surface area contributed by atoms with Crippen molar-refractivity contribution in [1.82, 2.24) is 14.9 Å². The van der Waals surface area contributed by atoms with Gasteiger partial charge in [0.1, 0.15) is 5.75 Å². The Morgan fingerprint density at radius 1 is 1.31 bits per heavy atom. The molecule has 1 atom stereocenters. The summed E-state index contributed by atoms with van der Waals surface area (Å²) in [5, 5.41) is 3.27. The molecule has 26 heavy (non-hydrogen) atoms. The monoisotopic (exact) mass is 352 g/mol. The number of para-hydroxylation sites is 1. The van der Waals surface area contributed by atoms with Crippen molar-refractivity contribution in [3.8, 4) is 11.6 Å². The number of likely N-dealkylation sites (tertiary alicyclic amines) is 1. The van der Waals surface area contributed by atoms with Crippen molar-refractivity contribution in [3.63, 3.8) is 0 Å². The van der Waals surface area contributed by atoms with E-state index in [4.69, 9.17) is 4.74 Å². The van der Waals surface area contributed by atoms with Crippen LogP contribution in [0, 0.1) is 5.41 Å². The average molecular weight is 352 g/mol. The molecule has 0 radical (unpaired) electrons. The maximum Gasteiger partial charge on any atom is 0.228 e. The van der Waals surface area contributed by atoms with E-state index >= 15 is 0 Å². The first-order valence-corrected chi connectivity index (χ1v) is 9.25. The van der Waals surface area contributed by atoms with Crippen LogP contribution in [0.15, 0.2) is 42.6 Å². The summed E-state index contributed by atoms with van der Waals surface area (Å²) < 4.78 is 5.75. The zero-order valence-electron chi connectivity index (χ0n) is 15.0. The van der Waals surface area contributed by atoms with Crippen molar-refractivity contribution in [2.24, 2.45) is 5.41 Å². The molecule has 0 unspecified atom stereocenters. The van der Waals surface area contributed by atoms with E-state index in [0.717, 1.165) is 38.0 Å². The number of rotatable bonds is 6. The number of aromatic nitrogens is 2. The molecular formula is C20H24N4O2. The summed E-state index contributed by atoms with van der Waals surface area (Å²) in [5.74, 6) is 2.07. The highest BCUT2D eigenvalue weighted by Crippen LogP contribution is 2.47. The lowest BCUT2D eigenvalue weighted by Crippen LogP contribution is -2.42. The molecule has 1 saturated heterocycles. The number of amides is 1. The Kier molecular flexibility index (Phi) is 4.49. The zero-order valence-corrected chi connectivity index (χ0v) is 15.0. The Bertz CT molecular complexity index is 776. The second-order valence-corrected chi connectivity index (χ2v) is 7.37. The van der Waals surface area contributed by atoms with E-state index in [0.29, 0.717) is 24.3 Å². The minimum atomic E-state index is -0.109. The van der Waals surface area contributed by atoms with Crippen LogP contribution >= 0.6 is 0 Å². The van der Waals surface area contributed by atoms with Crippen molar-refractivity contribution in [1.29, 1.82) is 0 Å². The first-order chi connectivity index (χ1) is 12.6. The van der Waals surface area contributed by atoms with Crippen LogP contribution in [-0.2, 0) is 4.79 Å². The summed E-state index contributed by atoms with van der Waals surface area (Å²) in [7, 11) is 0. The molecular weight excluding hydrogens is 328 g/mol. The molecule has 1 aliphatic carbocycles. The zero-order chi connectivity index (χ0) is 18.0. The van der Waals surface area contributed by atoms with Crippen molar-refractivity contribution >= 4 is 11.9 Å². The Morgan fingerprint density at radius 3 is 2.88 bits per heavy atom. The first kappa shape index (κ1) is 16.8. The van der Waals surface area contributed by atoms with Crippen molar-refractivity contribution < 1.29 is 9.53 Å². The van der Waals surface area contributed by atoms with Crippen LogP contribution in [0.4, 0.5) is 5.95 Å². The quantitative estimate of drug-likeness (QED) is 0.862. The molecule has 4 rings (SSSR count). The highest BCUT2D eigenvalue weighted by molar-refractivity contribution is 5.85. The average Bonchev–Trinajstić information content (AvgIpc) is 3.24. The molecule has 2 aromatic rings. The number of nitrogens with zero attached hydrogens (tertiary/aromatic N) is 3. The Balaban J connectivity index is 1.37. The van der Waals surface area contributed by atoms with Crippen LogP contribution in [0.1, 0.15) is 32.6 Å². The Hall–Kier alpha value is -2.63. The predicted octanol–water partition coefficient (Wildman–Crippen LogP) is 3.47. The molecule has 2 heterocycles. The topological polar surface area (TPSA) is 67.4 Å². The largest absolute Gasteiger partial charge is 0.439 e. The number of carbonyl (C=O) groups is 1. The lowest BCUT2D eigenvalue weighted by molar-refractivity contribution is -0.137. The summed E-state index contributed by atoms with van der Waals surface area (Å²) >= 11 is 0. The number of carbonyl (C=O) groups excluding carboxylic acids is 1. The highest BCUT2D eigenvalue weighted by atomic mass is 16.5. The molecule has 1 aromatic carbocycles. The summed E-state index contributed by atoms with van der Waals surface area (Å²) in [6.45, 7) is 3.60. The van der Waals surface area contributed by atoms with Gasteiger partial charge in [-0.1, -0.05) is 25.1 Å². The fourth-order valence-corrected chi connectivity index (χ4v) is 3.37. The Morgan fingerprint density at radius 2 is 2.12 bits per heavy atom. The second kappa shape index (κ2) is 6.94. The molecule has 6 nitrogen and oxygen atoms in total. The van der Waals surface area contributed by atoms with Gasteiger partial charge >= 0.3 is 0 Å². The molecule has 1 aromatic heterocycles. The van der Waals surface area contributed by atoms with E-state index in [1.807, 2.05) is 35.2 Å². The third-order valence-electron chi connectivity index (χ3n) is 5.25. The van der Waals surface area contributed by atoms with Gasteiger partial charge in [0.15, 0.2) is 0 Å². The van der Waals surface area contributed by atoms with Crippen LogP contribution in [0.3, 0.4) is 0 Å². The van der Waals surface area contributed by atoms with Crippen LogP contribution in [0.2, 0.25) is 0 Å². The minimum absolute atomic E-state index is 0.109. The van der Waals surface area contributed by atoms with E-state index in [1.54, 1.807) is 12.3 Å². The summed E-state index contributed by atoms with van der Waals surface area (Å²) in [4.78, 5) is 23.4. The summed E-state index contributed by atoms with van der Waals surface area (Å²) in [6, 6.07) is 11.5. The van der Waals surface area contributed by atoms with E-state index < -0.39 is 0 Å². The fourth-order valence-electron chi connectivity index (χ4n) is 3.37. The SMILES string of the molecule is CC1(C(=O)N2CCC[C@@H]2CNc2nccc(Oc3ccccc3)n2)CC1. The molecule has 2 aliphatic rings.